The van der Waals surface area contributed by atoms with Gasteiger partial charge in [0.1, 0.15) is 0 Å². The number of nitrogens with one attached hydrogen (secondary N) is 2. The number of thioether (sulfide) groups is 1. The monoisotopic (exact) mass is 260 g/mol. The molecule has 0 saturated carbocycles. The molecular weight excluding hydrogens is 240 g/mol. The predicted molar refractivity (Wildman–Crippen MR) is 68.3 cm³/mol. The number of carboxylic acid groups (broad SMARTS) is 1. The van der Waals surface area contributed by atoms with Crippen LogP contribution < -0.4 is 10.6 Å². The number of carboxylic acids is 1. The maximum Gasteiger partial charge on any atom is 0.315 e. The van der Waals surface area contributed by atoms with Crippen molar-refractivity contribution in [3.63, 3.8) is 0 Å². The van der Waals surface area contributed by atoms with E-state index in [1.807, 2.05) is 18.7 Å². The van der Waals surface area contributed by atoms with Crippen LogP contribution in [0, 0.1) is 5.92 Å². The Morgan fingerprint density at radius 3 is 2.88 bits per heavy atom. The van der Waals surface area contributed by atoms with Crippen molar-refractivity contribution in [1.82, 2.24) is 10.6 Å². The number of amides is 2. The van der Waals surface area contributed by atoms with E-state index in [2.05, 4.69) is 10.6 Å². The van der Waals surface area contributed by atoms with Gasteiger partial charge in [0, 0.05) is 19.0 Å². The molecule has 17 heavy (non-hydrogen) atoms. The highest BCUT2D eigenvalue weighted by molar-refractivity contribution is 7.99. The van der Waals surface area contributed by atoms with Gasteiger partial charge in [0.25, 0.3) is 0 Å². The third-order valence-corrected chi connectivity index (χ3v) is 3.98. The highest BCUT2D eigenvalue weighted by Crippen LogP contribution is 2.22. The number of carbonyl (C=O) groups is 2. The molecule has 1 heterocycles. The molecule has 5 nitrogen and oxygen atoms in total. The fourth-order valence-corrected chi connectivity index (χ4v) is 2.95. The summed E-state index contributed by atoms with van der Waals surface area (Å²) in [6.45, 7) is 2.53. The molecule has 1 rings (SSSR count). The predicted octanol–water partition coefficient (Wildman–Crippen LogP) is 1.29. The molecule has 1 aliphatic heterocycles. The summed E-state index contributed by atoms with van der Waals surface area (Å²) in [6.07, 6.45) is 1.71. The van der Waals surface area contributed by atoms with Crippen molar-refractivity contribution in [2.24, 2.45) is 5.92 Å². The lowest BCUT2D eigenvalue weighted by atomic mass is 10.1. The quantitative estimate of drug-likeness (QED) is 0.672. The highest BCUT2D eigenvalue weighted by Gasteiger charge is 2.16. The Balaban J connectivity index is 2.08. The Hall–Kier alpha value is -0.910. The molecule has 0 aromatic rings. The molecule has 0 aromatic heterocycles. The summed E-state index contributed by atoms with van der Waals surface area (Å²) in [4.78, 5) is 21.8. The van der Waals surface area contributed by atoms with E-state index >= 15 is 0 Å². The van der Waals surface area contributed by atoms with Gasteiger partial charge < -0.3 is 15.7 Å². The van der Waals surface area contributed by atoms with Gasteiger partial charge in [0.05, 0.1) is 0 Å². The van der Waals surface area contributed by atoms with Crippen molar-refractivity contribution in [2.75, 3.05) is 18.1 Å². The first-order valence-electron chi connectivity index (χ1n) is 5.92. The molecule has 2 amide bonds. The number of urea groups is 1. The topological polar surface area (TPSA) is 78.4 Å². The first-order valence-corrected chi connectivity index (χ1v) is 7.07. The minimum Gasteiger partial charge on any atom is -0.481 e. The number of carbonyl (C=O) groups excluding carboxylic acids is 1. The summed E-state index contributed by atoms with van der Waals surface area (Å²) >= 11 is 1.92. The zero-order valence-electron chi connectivity index (χ0n) is 10.1. The molecular formula is C11H20N2O3S. The van der Waals surface area contributed by atoms with Crippen LogP contribution in [0.1, 0.15) is 26.2 Å². The zero-order valence-corrected chi connectivity index (χ0v) is 10.9. The van der Waals surface area contributed by atoms with E-state index in [-0.39, 0.29) is 18.5 Å². The Labute approximate surface area is 106 Å². The largest absolute Gasteiger partial charge is 0.481 e. The van der Waals surface area contributed by atoms with E-state index in [1.165, 1.54) is 12.2 Å². The molecule has 98 valence electrons. The Morgan fingerprint density at radius 2 is 2.29 bits per heavy atom. The number of hydrogen-bond donors (Lipinski definition) is 3. The molecule has 0 aliphatic carbocycles. The van der Waals surface area contributed by atoms with E-state index in [9.17, 15) is 9.59 Å². The van der Waals surface area contributed by atoms with Crippen LogP contribution in [0.3, 0.4) is 0 Å². The van der Waals surface area contributed by atoms with Crippen molar-refractivity contribution in [3.05, 3.63) is 0 Å². The van der Waals surface area contributed by atoms with Crippen LogP contribution in [-0.2, 0) is 4.79 Å². The van der Waals surface area contributed by atoms with Crippen molar-refractivity contribution >= 4 is 23.8 Å². The van der Waals surface area contributed by atoms with Gasteiger partial charge in [0.2, 0.25) is 0 Å². The van der Waals surface area contributed by atoms with Gasteiger partial charge in [0.15, 0.2) is 0 Å². The lowest BCUT2D eigenvalue weighted by Crippen LogP contribution is -2.42. The fraction of sp³-hybridized carbons (Fsp3) is 0.818. The molecule has 1 saturated heterocycles. The zero-order chi connectivity index (χ0) is 12.7. The highest BCUT2D eigenvalue weighted by atomic mass is 32.2. The summed E-state index contributed by atoms with van der Waals surface area (Å²) in [5.41, 5.74) is 0. The third-order valence-electron chi connectivity index (χ3n) is 2.74. The van der Waals surface area contributed by atoms with Crippen molar-refractivity contribution < 1.29 is 14.7 Å². The maximum atomic E-state index is 11.5. The SMILES string of the molecule is CC(CCC(=O)O)NC(=O)NCC1CCSC1. The summed E-state index contributed by atoms with van der Waals surface area (Å²) < 4.78 is 0. The average molecular weight is 260 g/mol. The smallest absolute Gasteiger partial charge is 0.315 e. The molecule has 2 atom stereocenters. The van der Waals surface area contributed by atoms with Gasteiger partial charge in [-0.2, -0.15) is 11.8 Å². The Bertz CT molecular complexity index is 267. The minimum absolute atomic E-state index is 0.0840. The maximum absolute atomic E-state index is 11.5. The Morgan fingerprint density at radius 1 is 1.53 bits per heavy atom. The molecule has 1 aliphatic rings. The second-order valence-corrected chi connectivity index (χ2v) is 5.57. The van der Waals surface area contributed by atoms with Crippen LogP contribution in [0.4, 0.5) is 4.79 Å². The van der Waals surface area contributed by atoms with Crippen LogP contribution in [0.5, 0.6) is 0 Å². The number of aliphatic carboxylic acids is 1. The molecule has 6 heteroatoms. The van der Waals surface area contributed by atoms with Crippen molar-refractivity contribution in [3.8, 4) is 0 Å². The van der Waals surface area contributed by atoms with E-state index in [0.717, 1.165) is 5.75 Å². The molecule has 1 fully saturated rings. The van der Waals surface area contributed by atoms with E-state index in [1.54, 1.807) is 0 Å². The second-order valence-electron chi connectivity index (χ2n) is 4.42. The first-order chi connectivity index (χ1) is 8.08. The van der Waals surface area contributed by atoms with Gasteiger partial charge >= 0.3 is 12.0 Å². The lowest BCUT2D eigenvalue weighted by molar-refractivity contribution is -0.137. The standard InChI is InChI=1S/C11H20N2O3S/c1-8(2-3-10(14)15)13-11(16)12-6-9-4-5-17-7-9/h8-9H,2-7H2,1H3,(H,14,15)(H2,12,13,16). The summed E-state index contributed by atoms with van der Waals surface area (Å²) in [7, 11) is 0. The summed E-state index contributed by atoms with van der Waals surface area (Å²) in [6, 6.07) is -0.302. The molecule has 0 spiro atoms. The van der Waals surface area contributed by atoms with Gasteiger partial charge in [-0.25, -0.2) is 4.79 Å². The fourth-order valence-electron chi connectivity index (χ4n) is 1.67. The molecule has 0 aromatic carbocycles. The van der Waals surface area contributed by atoms with Crippen LogP contribution in [0.25, 0.3) is 0 Å². The molecule has 0 radical (unpaired) electrons. The van der Waals surface area contributed by atoms with Crippen LogP contribution in [0.2, 0.25) is 0 Å². The third kappa shape index (κ3) is 6.41. The normalized spacial score (nSPS) is 20.9. The van der Waals surface area contributed by atoms with E-state index < -0.39 is 5.97 Å². The summed E-state index contributed by atoms with van der Waals surface area (Å²) in [5.74, 6) is 2.06. The van der Waals surface area contributed by atoms with Crippen LogP contribution >= 0.6 is 11.8 Å². The number of hydrogen-bond acceptors (Lipinski definition) is 3. The van der Waals surface area contributed by atoms with Gasteiger partial charge in [-0.15, -0.1) is 0 Å². The first kappa shape index (κ1) is 14.2. The number of rotatable bonds is 6. The van der Waals surface area contributed by atoms with Crippen molar-refractivity contribution in [1.29, 1.82) is 0 Å². The van der Waals surface area contributed by atoms with E-state index in [0.29, 0.717) is 18.9 Å². The average Bonchev–Trinajstić information content (AvgIpc) is 2.76. The van der Waals surface area contributed by atoms with Gasteiger partial charge in [-0.3, -0.25) is 4.79 Å². The van der Waals surface area contributed by atoms with Crippen LogP contribution in [0.15, 0.2) is 0 Å². The molecule has 2 unspecified atom stereocenters. The van der Waals surface area contributed by atoms with Crippen molar-refractivity contribution in [2.45, 2.75) is 32.2 Å². The Kier molecular flexibility index (Phi) is 6.18. The lowest BCUT2D eigenvalue weighted by Gasteiger charge is -2.15. The van der Waals surface area contributed by atoms with E-state index in [4.69, 9.17) is 5.11 Å². The van der Waals surface area contributed by atoms with Gasteiger partial charge in [-0.05, 0) is 37.2 Å². The molecule has 3 N–H and O–H groups in total. The summed E-state index contributed by atoms with van der Waals surface area (Å²) in [5, 5.41) is 14.1. The van der Waals surface area contributed by atoms with Crippen LogP contribution in [-0.4, -0.2) is 41.2 Å². The molecule has 0 bridgehead atoms. The minimum atomic E-state index is -0.831. The van der Waals surface area contributed by atoms with Gasteiger partial charge in [-0.1, -0.05) is 0 Å². The second kappa shape index (κ2) is 7.42.